The lowest BCUT2D eigenvalue weighted by Gasteiger charge is -2.66. The molecule has 0 aromatic heterocycles. The van der Waals surface area contributed by atoms with Gasteiger partial charge < -0.3 is 0 Å². The van der Waals surface area contributed by atoms with Crippen LogP contribution in [0.15, 0.2) is 0 Å². The van der Waals surface area contributed by atoms with Gasteiger partial charge in [-0.1, -0.05) is 47.0 Å². The van der Waals surface area contributed by atoms with Crippen molar-refractivity contribution < 1.29 is 0 Å². The summed E-state index contributed by atoms with van der Waals surface area (Å²) in [7, 11) is 6.87. The molecule has 0 amide bonds. The van der Waals surface area contributed by atoms with Crippen LogP contribution >= 0.6 is 0 Å². The third-order valence-electron chi connectivity index (χ3n) is 7.32. The van der Waals surface area contributed by atoms with Gasteiger partial charge in [-0.3, -0.25) is 4.90 Å². The third-order valence-corrected chi connectivity index (χ3v) is 7.32. The van der Waals surface area contributed by atoms with Crippen molar-refractivity contribution in [2.45, 2.75) is 109 Å². The van der Waals surface area contributed by atoms with Crippen LogP contribution in [-0.4, -0.2) is 16.0 Å². The summed E-state index contributed by atoms with van der Waals surface area (Å²) in [6, 6.07) is 0. The van der Waals surface area contributed by atoms with Crippen LogP contribution in [0, 0.1) is 12.5 Å². The molecule has 0 aromatic carbocycles. The average molecular weight is 277 g/mol. The van der Waals surface area contributed by atoms with Gasteiger partial charge in [0.05, 0.1) is 0 Å². The number of hydrogen-bond acceptors (Lipinski definition) is 1. The first-order valence-electron chi connectivity index (χ1n) is 9.11. The monoisotopic (exact) mass is 277 g/mol. The third kappa shape index (κ3) is 2.07. The van der Waals surface area contributed by atoms with Crippen molar-refractivity contribution >= 4 is 0 Å². The molecule has 1 spiro atoms. The molecule has 2 aliphatic rings. The van der Waals surface area contributed by atoms with Gasteiger partial charge in [-0.2, -0.15) is 0 Å². The first kappa shape index (κ1) is 16.3. The zero-order valence-corrected chi connectivity index (χ0v) is 14.3. The zero-order chi connectivity index (χ0) is 14.9. The minimum Gasteiger partial charge on any atom is -0.285 e. The molecule has 0 bridgehead atoms. The fourth-order valence-electron chi connectivity index (χ4n) is 5.76. The Morgan fingerprint density at radius 3 is 1.75 bits per heavy atom. The molecular weight excluding hydrogens is 242 g/mol. The van der Waals surface area contributed by atoms with E-state index in [4.69, 9.17) is 7.05 Å². The van der Waals surface area contributed by atoms with Crippen molar-refractivity contribution in [1.82, 2.24) is 4.90 Å². The molecule has 1 aliphatic carbocycles. The molecule has 0 aromatic rings. The molecule has 1 heterocycles. The summed E-state index contributed by atoms with van der Waals surface area (Å²) in [4.78, 5) is 2.38. The van der Waals surface area contributed by atoms with Gasteiger partial charge in [0.2, 0.25) is 0 Å². The molecule has 116 valence electrons. The lowest BCUT2D eigenvalue weighted by atomic mass is 9.52. The van der Waals surface area contributed by atoms with E-state index in [-0.39, 0.29) is 11.1 Å². The molecule has 0 N–H and O–H groups in total. The van der Waals surface area contributed by atoms with E-state index in [0.29, 0.717) is 5.41 Å². The first-order chi connectivity index (χ1) is 9.56. The van der Waals surface area contributed by atoms with Crippen molar-refractivity contribution in [3.63, 3.8) is 0 Å². The van der Waals surface area contributed by atoms with Gasteiger partial charge in [-0.15, -0.1) is 0 Å². The van der Waals surface area contributed by atoms with E-state index in [1.165, 1.54) is 70.6 Å². The highest BCUT2D eigenvalue weighted by Gasteiger charge is 2.58. The Kier molecular flexibility index (Phi) is 4.89. The van der Waals surface area contributed by atoms with Crippen molar-refractivity contribution in [2.75, 3.05) is 0 Å². The van der Waals surface area contributed by atoms with Crippen molar-refractivity contribution in [3.05, 3.63) is 7.05 Å². The lowest BCUT2D eigenvalue weighted by Crippen LogP contribution is -2.68. The largest absolute Gasteiger partial charge is 0.285 e. The second-order valence-corrected chi connectivity index (χ2v) is 7.38. The fourth-order valence-corrected chi connectivity index (χ4v) is 5.76. The van der Waals surface area contributed by atoms with E-state index in [9.17, 15) is 0 Å². The Hall–Kier alpha value is -0.0400. The molecule has 1 saturated carbocycles. The molecule has 1 heteroatoms. The molecule has 0 unspecified atom stereocenters. The zero-order valence-electron chi connectivity index (χ0n) is 14.3. The maximum atomic E-state index is 6.87. The smallest absolute Gasteiger partial charge is 0.0451 e. The maximum absolute atomic E-state index is 6.87. The highest BCUT2D eigenvalue weighted by atomic mass is 15.3. The van der Waals surface area contributed by atoms with Gasteiger partial charge in [-0.05, 0) is 56.8 Å². The number of piperidine rings is 1. The Balaban J connectivity index is 2.43. The Morgan fingerprint density at radius 1 is 0.750 bits per heavy atom. The Labute approximate surface area is 127 Å². The summed E-state index contributed by atoms with van der Waals surface area (Å²) < 4.78 is 0. The van der Waals surface area contributed by atoms with E-state index >= 15 is 0 Å². The highest BCUT2D eigenvalue weighted by molar-refractivity contribution is 5.14. The Morgan fingerprint density at radius 2 is 1.30 bits per heavy atom. The second-order valence-electron chi connectivity index (χ2n) is 7.38. The summed E-state index contributed by atoms with van der Waals surface area (Å²) in [6.45, 7) is 9.42. The van der Waals surface area contributed by atoms with E-state index < -0.39 is 0 Å². The molecule has 20 heavy (non-hydrogen) atoms. The van der Waals surface area contributed by atoms with Crippen LogP contribution in [0.5, 0.6) is 0 Å². The molecule has 2 rings (SSSR count). The number of nitrogens with zero attached hydrogens (tertiary/aromatic N) is 1. The molecule has 1 aliphatic heterocycles. The van der Waals surface area contributed by atoms with Gasteiger partial charge in [0.15, 0.2) is 0 Å². The Bertz CT molecular complexity index is 306. The van der Waals surface area contributed by atoms with Gasteiger partial charge in [0, 0.05) is 18.1 Å². The number of rotatable bonds is 4. The molecular formula is C19H35N. The summed E-state index contributed by atoms with van der Waals surface area (Å²) in [6.07, 6.45) is 14.6. The fraction of sp³-hybridized carbons (Fsp3) is 0.947. The topological polar surface area (TPSA) is 3.24 Å². The first-order valence-corrected chi connectivity index (χ1v) is 9.11. The summed E-state index contributed by atoms with van der Waals surface area (Å²) in [5.74, 6) is 0. The van der Waals surface area contributed by atoms with Crippen LogP contribution in [0.25, 0.3) is 0 Å². The average Bonchev–Trinajstić information content (AvgIpc) is 2.51. The van der Waals surface area contributed by atoms with E-state index in [0.717, 1.165) is 0 Å². The van der Waals surface area contributed by atoms with E-state index in [2.05, 4.69) is 32.6 Å². The van der Waals surface area contributed by atoms with Crippen molar-refractivity contribution in [1.29, 1.82) is 0 Å². The second kappa shape index (κ2) is 5.99. The standard InChI is InChI=1S/C19H35N/c1-6-18(7-2)16-15-17(13-11-10-12-14-17)19(8-3,9-4)20(18)5/h5H,6-16H2,1-4H3. The number of hydrogen-bond donors (Lipinski definition) is 0. The molecule has 2 fully saturated rings. The van der Waals surface area contributed by atoms with Crippen LogP contribution in [-0.2, 0) is 0 Å². The summed E-state index contributed by atoms with van der Waals surface area (Å²) >= 11 is 0. The van der Waals surface area contributed by atoms with Gasteiger partial charge >= 0.3 is 0 Å². The molecule has 2 radical (unpaired) electrons. The van der Waals surface area contributed by atoms with E-state index in [1.54, 1.807) is 0 Å². The summed E-state index contributed by atoms with van der Waals surface area (Å²) in [5.41, 5.74) is 0.976. The van der Waals surface area contributed by atoms with Gasteiger partial charge in [0.1, 0.15) is 0 Å². The van der Waals surface area contributed by atoms with Crippen LogP contribution in [0.3, 0.4) is 0 Å². The van der Waals surface area contributed by atoms with Crippen LogP contribution in [0.2, 0.25) is 0 Å². The molecule has 1 saturated heterocycles. The predicted octanol–water partition coefficient (Wildman–Crippen LogP) is 5.82. The minimum absolute atomic E-state index is 0.234. The normalized spacial score (nSPS) is 28.6. The number of likely N-dealkylation sites (tertiary alicyclic amines) is 1. The molecule has 0 atom stereocenters. The molecule has 1 nitrogen and oxygen atoms in total. The summed E-state index contributed by atoms with van der Waals surface area (Å²) in [5, 5.41) is 0. The SMILES string of the molecule is [CH]N1C(CC)(CC)CCC2(CCCCC2)C1(CC)CC. The van der Waals surface area contributed by atoms with Gasteiger partial charge in [-0.25, -0.2) is 0 Å². The minimum atomic E-state index is 0.234. The van der Waals surface area contributed by atoms with E-state index in [1.807, 2.05) is 0 Å². The lowest BCUT2D eigenvalue weighted by molar-refractivity contribution is -0.144. The predicted molar refractivity (Wildman–Crippen MR) is 87.5 cm³/mol. The van der Waals surface area contributed by atoms with Crippen LogP contribution in [0.1, 0.15) is 98.3 Å². The van der Waals surface area contributed by atoms with Crippen LogP contribution in [0.4, 0.5) is 0 Å². The van der Waals surface area contributed by atoms with Gasteiger partial charge in [0.25, 0.3) is 0 Å². The highest BCUT2D eigenvalue weighted by Crippen LogP contribution is 2.60. The van der Waals surface area contributed by atoms with Crippen molar-refractivity contribution in [3.8, 4) is 0 Å². The van der Waals surface area contributed by atoms with Crippen molar-refractivity contribution in [2.24, 2.45) is 5.41 Å². The maximum Gasteiger partial charge on any atom is 0.0451 e. The quantitative estimate of drug-likeness (QED) is 0.626. The van der Waals surface area contributed by atoms with Crippen LogP contribution < -0.4 is 0 Å².